The largest absolute Gasteiger partial charge is 0.493 e. The van der Waals surface area contributed by atoms with E-state index in [1.54, 1.807) is 28.4 Å². The van der Waals surface area contributed by atoms with Crippen molar-refractivity contribution in [2.24, 2.45) is 4.99 Å². The number of aliphatic imine (C=N–C) groups is 1. The van der Waals surface area contributed by atoms with Gasteiger partial charge >= 0.3 is 0 Å². The highest BCUT2D eigenvalue weighted by molar-refractivity contribution is 5.79. The molecule has 0 saturated heterocycles. The monoisotopic (exact) mass is 386 g/mol. The molecule has 2 N–H and O–H groups in total. The second kappa shape index (κ2) is 10.3. The van der Waals surface area contributed by atoms with Crippen molar-refractivity contribution >= 4 is 11.6 Å². The van der Waals surface area contributed by atoms with E-state index in [9.17, 15) is 0 Å². The number of benzene rings is 2. The van der Waals surface area contributed by atoms with E-state index in [-0.39, 0.29) is 0 Å². The molecular formula is C21H30N4O3. The molecule has 0 amide bonds. The second-order valence-electron chi connectivity index (χ2n) is 6.38. The van der Waals surface area contributed by atoms with Crippen molar-refractivity contribution in [1.82, 2.24) is 10.6 Å². The zero-order valence-corrected chi connectivity index (χ0v) is 17.5. The first kappa shape index (κ1) is 21.2. The molecule has 7 nitrogen and oxygen atoms in total. The number of guanidine groups is 1. The molecule has 0 heterocycles. The zero-order valence-electron chi connectivity index (χ0n) is 17.5. The number of methoxy groups -OCH3 is 3. The molecule has 0 fully saturated rings. The molecule has 0 atom stereocenters. The second-order valence-corrected chi connectivity index (χ2v) is 6.38. The number of nitrogens with one attached hydrogen (secondary N) is 2. The van der Waals surface area contributed by atoms with Gasteiger partial charge in [-0.3, -0.25) is 4.99 Å². The molecule has 2 aromatic rings. The summed E-state index contributed by atoms with van der Waals surface area (Å²) in [6.45, 7) is 1.24. The van der Waals surface area contributed by atoms with Crippen molar-refractivity contribution < 1.29 is 14.2 Å². The maximum absolute atomic E-state index is 5.41. The Hall–Kier alpha value is -3.09. The van der Waals surface area contributed by atoms with E-state index < -0.39 is 0 Å². The van der Waals surface area contributed by atoms with Crippen molar-refractivity contribution in [2.45, 2.75) is 13.1 Å². The summed E-state index contributed by atoms with van der Waals surface area (Å²) in [6.07, 6.45) is 0. The lowest BCUT2D eigenvalue weighted by molar-refractivity contribution is 0.323. The number of ether oxygens (including phenoxy) is 3. The lowest BCUT2D eigenvalue weighted by Crippen LogP contribution is -2.36. The van der Waals surface area contributed by atoms with Gasteiger partial charge in [0.2, 0.25) is 5.75 Å². The van der Waals surface area contributed by atoms with Gasteiger partial charge in [0.15, 0.2) is 17.5 Å². The zero-order chi connectivity index (χ0) is 20.5. The molecule has 152 valence electrons. The standard InChI is InChI=1S/C21H30N4O3/c1-22-21(23-13-15-8-7-9-17(10-15)25(2)3)24-14-16-11-18(26-4)20(28-6)19(12-16)27-5/h7-12H,13-14H2,1-6H3,(H2,22,23,24). The molecule has 7 heteroatoms. The topological polar surface area (TPSA) is 67.4 Å². The van der Waals surface area contributed by atoms with Gasteiger partial charge in [0, 0.05) is 39.9 Å². The fourth-order valence-corrected chi connectivity index (χ4v) is 2.77. The lowest BCUT2D eigenvalue weighted by Gasteiger charge is -2.17. The fourth-order valence-electron chi connectivity index (χ4n) is 2.77. The van der Waals surface area contributed by atoms with Crippen molar-refractivity contribution in [2.75, 3.05) is 47.4 Å². The summed E-state index contributed by atoms with van der Waals surface area (Å²) in [4.78, 5) is 6.38. The summed E-state index contributed by atoms with van der Waals surface area (Å²) >= 11 is 0. The normalized spacial score (nSPS) is 11.0. The van der Waals surface area contributed by atoms with Crippen LogP contribution in [0.25, 0.3) is 0 Å². The van der Waals surface area contributed by atoms with Crippen LogP contribution < -0.4 is 29.7 Å². The average molecular weight is 386 g/mol. The minimum Gasteiger partial charge on any atom is -0.493 e. The number of hydrogen-bond acceptors (Lipinski definition) is 5. The Balaban J connectivity index is 2.01. The summed E-state index contributed by atoms with van der Waals surface area (Å²) in [6, 6.07) is 12.2. The first-order valence-corrected chi connectivity index (χ1v) is 9.02. The lowest BCUT2D eigenvalue weighted by atomic mass is 10.1. The highest BCUT2D eigenvalue weighted by Gasteiger charge is 2.13. The van der Waals surface area contributed by atoms with Crippen LogP contribution in [0.2, 0.25) is 0 Å². The molecule has 0 saturated carbocycles. The Morgan fingerprint density at radius 2 is 1.50 bits per heavy atom. The third-order valence-corrected chi connectivity index (χ3v) is 4.29. The molecule has 0 spiro atoms. The summed E-state index contributed by atoms with van der Waals surface area (Å²) in [5, 5.41) is 6.65. The van der Waals surface area contributed by atoms with Gasteiger partial charge in [-0.25, -0.2) is 0 Å². The molecule has 28 heavy (non-hydrogen) atoms. The van der Waals surface area contributed by atoms with E-state index in [1.807, 2.05) is 26.2 Å². The van der Waals surface area contributed by atoms with E-state index in [4.69, 9.17) is 14.2 Å². The summed E-state index contributed by atoms with van der Waals surface area (Å²) < 4.78 is 16.2. The Bertz CT molecular complexity index is 781. The highest BCUT2D eigenvalue weighted by Crippen LogP contribution is 2.38. The molecule has 2 rings (SSSR count). The number of nitrogens with zero attached hydrogens (tertiary/aromatic N) is 2. The molecule has 0 aliphatic heterocycles. The van der Waals surface area contributed by atoms with Crippen molar-refractivity contribution in [1.29, 1.82) is 0 Å². The molecular weight excluding hydrogens is 356 g/mol. The molecule has 0 bridgehead atoms. The first-order valence-electron chi connectivity index (χ1n) is 9.02. The van der Waals surface area contributed by atoms with Gasteiger partial charge in [-0.2, -0.15) is 0 Å². The summed E-state index contributed by atoms with van der Waals surface area (Å²) in [5.41, 5.74) is 3.34. The van der Waals surface area contributed by atoms with Gasteiger partial charge < -0.3 is 29.7 Å². The summed E-state index contributed by atoms with van der Waals surface area (Å²) in [7, 11) is 10.6. The molecule has 0 radical (unpaired) electrons. The van der Waals surface area contributed by atoms with E-state index >= 15 is 0 Å². The predicted molar refractivity (Wildman–Crippen MR) is 114 cm³/mol. The number of anilines is 1. The van der Waals surface area contributed by atoms with Gasteiger partial charge in [0.1, 0.15) is 0 Å². The number of hydrogen-bond donors (Lipinski definition) is 2. The van der Waals surface area contributed by atoms with Crippen LogP contribution in [0, 0.1) is 0 Å². The van der Waals surface area contributed by atoms with E-state index in [0.29, 0.717) is 36.3 Å². The van der Waals surface area contributed by atoms with Crippen molar-refractivity contribution in [3.8, 4) is 17.2 Å². The Morgan fingerprint density at radius 3 is 2.00 bits per heavy atom. The molecule has 0 aliphatic carbocycles. The quantitative estimate of drug-likeness (QED) is 0.537. The highest BCUT2D eigenvalue weighted by atomic mass is 16.5. The van der Waals surface area contributed by atoms with Crippen molar-refractivity contribution in [3.63, 3.8) is 0 Å². The number of rotatable bonds is 8. The van der Waals surface area contributed by atoms with Gasteiger partial charge in [-0.05, 0) is 35.4 Å². The van der Waals surface area contributed by atoms with Crippen LogP contribution in [0.15, 0.2) is 41.4 Å². The van der Waals surface area contributed by atoms with E-state index in [1.165, 1.54) is 11.3 Å². The van der Waals surface area contributed by atoms with Gasteiger partial charge in [0.25, 0.3) is 0 Å². The van der Waals surface area contributed by atoms with Crippen LogP contribution in [-0.2, 0) is 13.1 Å². The average Bonchev–Trinajstić information content (AvgIpc) is 2.73. The SMILES string of the molecule is CN=C(NCc1cccc(N(C)C)c1)NCc1cc(OC)c(OC)c(OC)c1. The third kappa shape index (κ3) is 5.45. The first-order chi connectivity index (χ1) is 13.5. The fraction of sp³-hybridized carbons (Fsp3) is 0.381. The van der Waals surface area contributed by atoms with E-state index in [2.05, 4.69) is 44.8 Å². The maximum Gasteiger partial charge on any atom is 0.203 e. The third-order valence-electron chi connectivity index (χ3n) is 4.29. The van der Waals surface area contributed by atoms with E-state index in [0.717, 1.165) is 5.56 Å². The molecule has 0 unspecified atom stereocenters. The van der Waals surface area contributed by atoms with Crippen LogP contribution >= 0.6 is 0 Å². The minimum absolute atomic E-state index is 0.564. The van der Waals surface area contributed by atoms with Gasteiger partial charge in [0.05, 0.1) is 21.3 Å². The van der Waals surface area contributed by atoms with Gasteiger partial charge in [-0.15, -0.1) is 0 Å². The minimum atomic E-state index is 0.564. The van der Waals surface area contributed by atoms with Crippen LogP contribution in [0.3, 0.4) is 0 Å². The molecule has 0 aliphatic rings. The van der Waals surface area contributed by atoms with Crippen LogP contribution in [-0.4, -0.2) is 48.4 Å². The van der Waals surface area contributed by atoms with Gasteiger partial charge in [-0.1, -0.05) is 12.1 Å². The summed E-state index contributed by atoms with van der Waals surface area (Å²) in [5.74, 6) is 2.55. The molecule has 0 aromatic heterocycles. The maximum atomic E-state index is 5.41. The van der Waals surface area contributed by atoms with Crippen LogP contribution in [0.5, 0.6) is 17.2 Å². The Labute approximate surface area is 167 Å². The van der Waals surface area contributed by atoms with Crippen LogP contribution in [0.4, 0.5) is 5.69 Å². The molecule has 2 aromatic carbocycles. The Morgan fingerprint density at radius 1 is 0.893 bits per heavy atom. The predicted octanol–water partition coefficient (Wildman–Crippen LogP) is 2.64. The van der Waals surface area contributed by atoms with Crippen LogP contribution in [0.1, 0.15) is 11.1 Å². The Kier molecular flexibility index (Phi) is 7.80. The smallest absolute Gasteiger partial charge is 0.203 e. The van der Waals surface area contributed by atoms with Crippen molar-refractivity contribution in [3.05, 3.63) is 47.5 Å².